The molecule has 1 aliphatic heterocycles. The van der Waals surface area contributed by atoms with Crippen LogP contribution in [0.25, 0.3) is 22.5 Å². The third-order valence-corrected chi connectivity index (χ3v) is 7.58. The number of nitrogens with zero attached hydrogens (tertiary/aromatic N) is 3. The molecule has 0 radical (unpaired) electrons. The zero-order valence-electron chi connectivity index (χ0n) is 24.0. The number of hydrogen-bond acceptors (Lipinski definition) is 9. The smallest absolute Gasteiger partial charge is 0.220 e. The zero-order chi connectivity index (χ0) is 31.1. The van der Waals surface area contributed by atoms with Crippen molar-refractivity contribution in [3.05, 3.63) is 82.6 Å². The average Bonchev–Trinajstić information content (AvgIpc) is 3.45. The van der Waals surface area contributed by atoms with E-state index in [1.54, 1.807) is 24.3 Å². The van der Waals surface area contributed by atoms with Gasteiger partial charge in [0.25, 0.3) is 0 Å². The number of methoxy groups -OCH3 is 1. The van der Waals surface area contributed by atoms with Gasteiger partial charge in [0.2, 0.25) is 11.8 Å². The highest BCUT2D eigenvalue weighted by Gasteiger charge is 2.22. The van der Waals surface area contributed by atoms with Crippen molar-refractivity contribution in [3.8, 4) is 28.4 Å². The summed E-state index contributed by atoms with van der Waals surface area (Å²) in [5, 5.41) is 21.2. The van der Waals surface area contributed by atoms with Crippen molar-refractivity contribution in [2.45, 2.75) is 32.0 Å². The second-order valence-electron chi connectivity index (χ2n) is 10.1. The molecular weight excluding hydrogens is 592 g/mol. The minimum absolute atomic E-state index is 0.00310. The molecule has 1 unspecified atom stereocenters. The molecule has 4 heterocycles. The summed E-state index contributed by atoms with van der Waals surface area (Å²) in [6.45, 7) is 1.53. The molecule has 1 saturated heterocycles. The van der Waals surface area contributed by atoms with Crippen LogP contribution in [0.5, 0.6) is 5.88 Å². The number of nitrogens with one attached hydrogen (secondary N) is 4. The van der Waals surface area contributed by atoms with Crippen molar-refractivity contribution in [2.24, 2.45) is 0 Å². The van der Waals surface area contributed by atoms with Gasteiger partial charge in [0.1, 0.15) is 5.69 Å². The number of aliphatic hydroxyl groups is 1. The number of ether oxygens (including phenoxy) is 1. The summed E-state index contributed by atoms with van der Waals surface area (Å²) in [5.41, 5.74) is 2.30. The number of benzene rings is 1. The molecule has 0 saturated carbocycles. The number of carbonyl (C=O) groups excluding carboxylic acids is 1. The summed E-state index contributed by atoms with van der Waals surface area (Å²) in [4.78, 5) is 24.3. The van der Waals surface area contributed by atoms with Crippen LogP contribution in [0.15, 0.2) is 54.9 Å². The second kappa shape index (κ2) is 14.5. The van der Waals surface area contributed by atoms with Gasteiger partial charge in [0.15, 0.2) is 17.5 Å². The highest BCUT2D eigenvalue weighted by Crippen LogP contribution is 2.38. The number of pyridine rings is 3. The number of rotatable bonds is 13. The first-order chi connectivity index (χ1) is 21.4. The summed E-state index contributed by atoms with van der Waals surface area (Å²) < 4.78 is 36.6. The third-order valence-electron chi connectivity index (χ3n) is 7.17. The van der Waals surface area contributed by atoms with E-state index in [2.05, 4.69) is 36.2 Å². The van der Waals surface area contributed by atoms with Gasteiger partial charge in [-0.05, 0) is 30.7 Å². The first kappa shape index (κ1) is 31.2. The predicted molar refractivity (Wildman–Crippen MR) is 164 cm³/mol. The normalized spacial score (nSPS) is 14.5. The Bertz CT molecular complexity index is 1640. The van der Waals surface area contributed by atoms with Gasteiger partial charge in [-0.3, -0.25) is 9.78 Å². The Balaban J connectivity index is 1.37. The number of hydrogen-bond donors (Lipinski definition) is 5. The van der Waals surface area contributed by atoms with Gasteiger partial charge in [0.05, 0.1) is 30.1 Å². The summed E-state index contributed by atoms with van der Waals surface area (Å²) in [6, 6.07) is 11.6. The maximum absolute atomic E-state index is 16.0. The fourth-order valence-corrected chi connectivity index (χ4v) is 5.18. The number of aliphatic hydroxyl groups excluding tert-OH is 1. The van der Waals surface area contributed by atoms with Crippen molar-refractivity contribution in [1.29, 1.82) is 0 Å². The van der Waals surface area contributed by atoms with Crippen LogP contribution in [-0.4, -0.2) is 58.8 Å². The maximum Gasteiger partial charge on any atom is 0.220 e. The quantitative estimate of drug-likeness (QED) is 0.138. The number of carbonyl (C=O) groups is 1. The fourth-order valence-electron chi connectivity index (χ4n) is 4.92. The average molecular weight is 624 g/mol. The Morgan fingerprint density at radius 3 is 2.61 bits per heavy atom. The Labute approximate surface area is 258 Å². The van der Waals surface area contributed by atoms with Crippen LogP contribution in [0.2, 0.25) is 5.02 Å². The molecule has 13 heteroatoms. The van der Waals surface area contributed by atoms with Gasteiger partial charge in [-0.2, -0.15) is 0 Å². The van der Waals surface area contributed by atoms with E-state index in [0.717, 1.165) is 12.0 Å². The molecule has 1 amide bonds. The van der Waals surface area contributed by atoms with Gasteiger partial charge in [-0.15, -0.1) is 0 Å². The SMILES string of the molecule is COc1nc(-c2ccnc(-c3cccc(Nc4nccc(CNCCO)c4F)c3Cl)c2F)ccc1CNCC1CCC(=O)N1. The maximum atomic E-state index is 16.0. The monoisotopic (exact) mass is 623 g/mol. The van der Waals surface area contributed by atoms with Gasteiger partial charge < -0.3 is 31.1 Å². The predicted octanol–water partition coefficient (Wildman–Crippen LogP) is 4.34. The van der Waals surface area contributed by atoms with Crippen LogP contribution in [-0.2, 0) is 17.9 Å². The van der Waals surface area contributed by atoms with Crippen molar-refractivity contribution in [2.75, 3.05) is 32.1 Å². The van der Waals surface area contributed by atoms with Crippen molar-refractivity contribution in [3.63, 3.8) is 0 Å². The number of amides is 1. The molecule has 0 spiro atoms. The minimum Gasteiger partial charge on any atom is -0.481 e. The molecule has 0 aliphatic carbocycles. The van der Waals surface area contributed by atoms with Crippen molar-refractivity contribution < 1.29 is 23.4 Å². The number of anilines is 2. The zero-order valence-corrected chi connectivity index (χ0v) is 24.7. The first-order valence-corrected chi connectivity index (χ1v) is 14.5. The highest BCUT2D eigenvalue weighted by atomic mass is 35.5. The lowest BCUT2D eigenvalue weighted by molar-refractivity contribution is -0.119. The van der Waals surface area contributed by atoms with Crippen molar-refractivity contribution in [1.82, 2.24) is 30.9 Å². The molecule has 4 aromatic rings. The number of aromatic nitrogens is 3. The number of halogens is 3. The molecule has 1 fully saturated rings. The van der Waals surface area contributed by atoms with Crippen LogP contribution in [0.3, 0.4) is 0 Å². The summed E-state index contributed by atoms with van der Waals surface area (Å²) in [7, 11) is 1.50. The van der Waals surface area contributed by atoms with E-state index in [0.29, 0.717) is 54.4 Å². The molecule has 0 bridgehead atoms. The van der Waals surface area contributed by atoms with Crippen LogP contribution in [0.4, 0.5) is 20.3 Å². The topological polar surface area (TPSA) is 133 Å². The first-order valence-electron chi connectivity index (χ1n) is 14.1. The van der Waals surface area contributed by atoms with Crippen molar-refractivity contribution >= 4 is 29.0 Å². The Hall–Kier alpha value is -4.23. The fraction of sp³-hybridized carbons (Fsp3) is 0.290. The molecule has 230 valence electrons. The van der Waals surface area contributed by atoms with Gasteiger partial charge in [-0.25, -0.2) is 18.7 Å². The van der Waals surface area contributed by atoms with E-state index in [9.17, 15) is 4.79 Å². The van der Waals surface area contributed by atoms with E-state index in [4.69, 9.17) is 21.4 Å². The molecule has 1 aromatic carbocycles. The molecule has 1 aliphatic rings. The molecule has 44 heavy (non-hydrogen) atoms. The lowest BCUT2D eigenvalue weighted by Crippen LogP contribution is -2.35. The van der Waals surface area contributed by atoms with E-state index in [1.807, 2.05) is 6.07 Å². The Morgan fingerprint density at radius 1 is 1.02 bits per heavy atom. The molecule has 5 N–H and O–H groups in total. The molecule has 10 nitrogen and oxygen atoms in total. The van der Waals surface area contributed by atoms with E-state index >= 15 is 8.78 Å². The van der Waals surface area contributed by atoms with E-state index in [-0.39, 0.29) is 47.2 Å². The Morgan fingerprint density at radius 2 is 1.84 bits per heavy atom. The minimum atomic E-state index is -0.634. The summed E-state index contributed by atoms with van der Waals surface area (Å²) in [5.74, 6) is -0.854. The standard InChI is InChI=1S/C31H32ClF2N7O3/c1-44-31-19(16-36-17-20-6-8-25(43)39-20)5-7-23(41-31)21-10-12-37-29(28(21)34)22-3-2-4-24(26(22)32)40-30-27(33)18(9-11-38-30)15-35-13-14-42/h2-5,7,9-12,20,35-36,42H,6,8,13-17H2,1H3,(H,38,40)(H,39,43). The molecular formula is C31H32ClF2N7O3. The summed E-state index contributed by atoms with van der Waals surface area (Å²) in [6.07, 6.45) is 4.25. The van der Waals surface area contributed by atoms with Crippen LogP contribution < -0.4 is 26.0 Å². The van der Waals surface area contributed by atoms with Crippen LogP contribution in [0, 0.1) is 11.6 Å². The van der Waals surface area contributed by atoms with Gasteiger partial charge >= 0.3 is 0 Å². The second-order valence-corrected chi connectivity index (χ2v) is 10.5. The van der Waals surface area contributed by atoms with Gasteiger partial charge in [0, 0.05) is 73.3 Å². The third kappa shape index (κ3) is 7.11. The van der Waals surface area contributed by atoms with Crippen LogP contribution in [0.1, 0.15) is 24.0 Å². The molecule has 5 rings (SSSR count). The van der Waals surface area contributed by atoms with Gasteiger partial charge in [-0.1, -0.05) is 29.8 Å². The lowest BCUT2D eigenvalue weighted by Gasteiger charge is -2.15. The van der Waals surface area contributed by atoms with E-state index < -0.39 is 11.6 Å². The highest BCUT2D eigenvalue weighted by molar-refractivity contribution is 6.36. The van der Waals surface area contributed by atoms with E-state index in [1.165, 1.54) is 31.6 Å². The molecule has 3 aromatic heterocycles. The largest absolute Gasteiger partial charge is 0.481 e. The lowest BCUT2D eigenvalue weighted by atomic mass is 10.0. The van der Waals surface area contributed by atoms with Crippen LogP contribution >= 0.6 is 11.6 Å². The Kier molecular flexibility index (Phi) is 10.3. The molecule has 1 atom stereocenters. The summed E-state index contributed by atoms with van der Waals surface area (Å²) >= 11 is 6.70.